The zero-order valence-electron chi connectivity index (χ0n) is 14.8. The summed E-state index contributed by atoms with van der Waals surface area (Å²) in [7, 11) is 0. The van der Waals surface area contributed by atoms with E-state index in [9.17, 15) is 9.59 Å². The highest BCUT2D eigenvalue weighted by Crippen LogP contribution is 2.32. The first-order valence-electron chi connectivity index (χ1n) is 9.45. The molecule has 132 valence electrons. The van der Waals surface area contributed by atoms with Crippen molar-refractivity contribution in [1.29, 1.82) is 0 Å². The molecule has 2 fully saturated rings. The highest BCUT2D eigenvalue weighted by Gasteiger charge is 2.49. The van der Waals surface area contributed by atoms with Crippen molar-refractivity contribution in [2.24, 2.45) is 0 Å². The zero-order chi connectivity index (χ0) is 17.7. The van der Waals surface area contributed by atoms with Gasteiger partial charge in [-0.25, -0.2) is 0 Å². The van der Waals surface area contributed by atoms with Gasteiger partial charge in [0.2, 0.25) is 5.91 Å². The molecule has 2 aromatic carbocycles. The highest BCUT2D eigenvalue weighted by atomic mass is 16.2. The van der Waals surface area contributed by atoms with Gasteiger partial charge < -0.3 is 10.2 Å². The van der Waals surface area contributed by atoms with Gasteiger partial charge in [0.05, 0.1) is 5.54 Å². The van der Waals surface area contributed by atoms with Gasteiger partial charge in [0.15, 0.2) is 0 Å². The predicted molar refractivity (Wildman–Crippen MR) is 99.9 cm³/mol. The second-order valence-electron chi connectivity index (χ2n) is 7.90. The largest absolute Gasteiger partial charge is 0.347 e. The Bertz CT molecular complexity index is 895. The van der Waals surface area contributed by atoms with Crippen LogP contribution in [0.3, 0.4) is 0 Å². The third-order valence-electron chi connectivity index (χ3n) is 6.07. The van der Waals surface area contributed by atoms with E-state index in [2.05, 4.69) is 23.5 Å². The fraction of sp³-hybridized carbons (Fsp3) is 0.364. The van der Waals surface area contributed by atoms with E-state index in [1.807, 2.05) is 29.2 Å². The Kier molecular flexibility index (Phi) is 3.42. The maximum atomic E-state index is 12.7. The van der Waals surface area contributed by atoms with Gasteiger partial charge in [0, 0.05) is 25.1 Å². The molecular formula is C22H22N2O2. The molecule has 2 aliphatic heterocycles. The lowest BCUT2D eigenvalue weighted by Gasteiger charge is -2.47. The number of hydrogen-bond donors (Lipinski definition) is 1. The molecule has 1 aliphatic carbocycles. The van der Waals surface area contributed by atoms with E-state index < -0.39 is 0 Å². The molecule has 0 saturated carbocycles. The number of benzene rings is 2. The molecule has 2 saturated heterocycles. The van der Waals surface area contributed by atoms with Crippen LogP contribution >= 0.6 is 0 Å². The molecule has 1 spiro atoms. The van der Waals surface area contributed by atoms with E-state index in [1.165, 1.54) is 36.0 Å². The normalized spacial score (nSPS) is 20.0. The SMILES string of the molecule is O=C1CCC2(CN(C(=O)c3ccc(-c4ccc5c(c4)CCC5)cc3)C2)N1. The van der Waals surface area contributed by atoms with Crippen LogP contribution in [-0.2, 0) is 17.6 Å². The number of hydrogen-bond acceptors (Lipinski definition) is 2. The lowest BCUT2D eigenvalue weighted by atomic mass is 9.87. The van der Waals surface area contributed by atoms with Crippen LogP contribution in [0.2, 0.25) is 0 Å². The maximum absolute atomic E-state index is 12.7. The molecule has 0 radical (unpaired) electrons. The Hall–Kier alpha value is -2.62. The smallest absolute Gasteiger partial charge is 0.254 e. The van der Waals surface area contributed by atoms with E-state index >= 15 is 0 Å². The van der Waals surface area contributed by atoms with Crippen LogP contribution in [0.5, 0.6) is 0 Å². The summed E-state index contributed by atoms with van der Waals surface area (Å²) in [5, 5.41) is 3.02. The average Bonchev–Trinajstić information content (AvgIpc) is 3.26. The van der Waals surface area contributed by atoms with Gasteiger partial charge in [-0.3, -0.25) is 9.59 Å². The van der Waals surface area contributed by atoms with Crippen LogP contribution in [0.4, 0.5) is 0 Å². The van der Waals surface area contributed by atoms with Crippen LogP contribution in [0.15, 0.2) is 42.5 Å². The van der Waals surface area contributed by atoms with Crippen LogP contribution in [0.1, 0.15) is 40.7 Å². The number of fused-ring (bicyclic) bond motifs is 1. The van der Waals surface area contributed by atoms with Crippen LogP contribution in [0.25, 0.3) is 11.1 Å². The number of carbonyl (C=O) groups is 2. The summed E-state index contributed by atoms with van der Waals surface area (Å²) in [6.45, 7) is 1.26. The minimum absolute atomic E-state index is 0.0530. The molecule has 1 N–H and O–H groups in total. The van der Waals surface area contributed by atoms with E-state index in [-0.39, 0.29) is 17.4 Å². The summed E-state index contributed by atoms with van der Waals surface area (Å²) in [5.41, 5.74) is 5.88. The molecule has 5 rings (SSSR count). The van der Waals surface area contributed by atoms with Crippen molar-refractivity contribution in [2.45, 2.75) is 37.6 Å². The number of aryl methyl sites for hydroxylation is 2. The molecule has 0 atom stereocenters. The lowest BCUT2D eigenvalue weighted by Crippen LogP contribution is -2.68. The second-order valence-corrected chi connectivity index (χ2v) is 7.90. The van der Waals surface area contributed by atoms with E-state index in [0.717, 1.165) is 12.0 Å². The van der Waals surface area contributed by atoms with Crippen LogP contribution in [-0.4, -0.2) is 35.3 Å². The molecule has 2 amide bonds. The number of nitrogens with zero attached hydrogens (tertiary/aromatic N) is 1. The van der Waals surface area contributed by atoms with E-state index in [4.69, 9.17) is 0 Å². The Morgan fingerprint density at radius 1 is 0.923 bits per heavy atom. The molecule has 0 aromatic heterocycles. The fourth-order valence-corrected chi connectivity index (χ4v) is 4.58. The topological polar surface area (TPSA) is 49.4 Å². The van der Waals surface area contributed by atoms with Crippen molar-refractivity contribution in [3.8, 4) is 11.1 Å². The average molecular weight is 346 g/mol. The predicted octanol–water partition coefficient (Wildman–Crippen LogP) is 2.95. The van der Waals surface area contributed by atoms with Crippen molar-refractivity contribution in [2.75, 3.05) is 13.1 Å². The Balaban J connectivity index is 1.30. The molecule has 0 bridgehead atoms. The lowest BCUT2D eigenvalue weighted by molar-refractivity contribution is -0.120. The van der Waals surface area contributed by atoms with Crippen molar-refractivity contribution in [3.63, 3.8) is 0 Å². The fourth-order valence-electron chi connectivity index (χ4n) is 4.58. The second kappa shape index (κ2) is 5.70. The van der Waals surface area contributed by atoms with Gasteiger partial charge in [-0.05, 0) is 60.1 Å². The third-order valence-corrected chi connectivity index (χ3v) is 6.07. The first-order valence-corrected chi connectivity index (χ1v) is 9.45. The molecule has 2 aromatic rings. The number of rotatable bonds is 2. The monoisotopic (exact) mass is 346 g/mol. The van der Waals surface area contributed by atoms with Gasteiger partial charge in [-0.2, -0.15) is 0 Å². The van der Waals surface area contributed by atoms with Crippen molar-refractivity contribution >= 4 is 11.8 Å². The standard InChI is InChI=1S/C22H22N2O2/c25-20-10-11-22(23-20)13-24(14-22)21(26)17-7-4-16(5-8-17)19-9-6-15-2-1-3-18(15)12-19/h4-9,12H,1-3,10-11,13-14H2,(H,23,25). The van der Waals surface area contributed by atoms with Gasteiger partial charge in [-0.1, -0.05) is 30.3 Å². The molecule has 4 heteroatoms. The molecule has 2 heterocycles. The minimum Gasteiger partial charge on any atom is -0.347 e. The van der Waals surface area contributed by atoms with E-state index in [1.54, 1.807) is 0 Å². The number of nitrogens with one attached hydrogen (secondary N) is 1. The summed E-state index contributed by atoms with van der Waals surface area (Å²) in [6, 6.07) is 14.6. The highest BCUT2D eigenvalue weighted by molar-refractivity contribution is 5.96. The first-order chi connectivity index (χ1) is 12.6. The summed E-state index contributed by atoms with van der Waals surface area (Å²) < 4.78 is 0. The van der Waals surface area contributed by atoms with Crippen molar-refractivity contribution in [3.05, 3.63) is 59.2 Å². The quantitative estimate of drug-likeness (QED) is 0.909. The minimum atomic E-state index is -0.156. The van der Waals surface area contributed by atoms with Crippen molar-refractivity contribution in [1.82, 2.24) is 10.2 Å². The Morgan fingerprint density at radius 2 is 1.65 bits per heavy atom. The molecule has 4 nitrogen and oxygen atoms in total. The van der Waals surface area contributed by atoms with Gasteiger partial charge in [0.25, 0.3) is 5.91 Å². The zero-order valence-corrected chi connectivity index (χ0v) is 14.8. The molecule has 3 aliphatic rings. The van der Waals surface area contributed by atoms with Crippen molar-refractivity contribution < 1.29 is 9.59 Å². The molecule has 0 unspecified atom stereocenters. The summed E-state index contributed by atoms with van der Waals surface area (Å²) in [6.07, 6.45) is 5.04. The van der Waals surface area contributed by atoms with Crippen LogP contribution < -0.4 is 5.32 Å². The van der Waals surface area contributed by atoms with Crippen LogP contribution in [0, 0.1) is 0 Å². The van der Waals surface area contributed by atoms with Gasteiger partial charge in [0.1, 0.15) is 0 Å². The Labute approximate surface area is 153 Å². The number of amides is 2. The number of likely N-dealkylation sites (tertiary alicyclic amines) is 1. The van der Waals surface area contributed by atoms with E-state index in [0.29, 0.717) is 25.1 Å². The summed E-state index contributed by atoms with van der Waals surface area (Å²) in [5.74, 6) is 0.160. The molecule has 26 heavy (non-hydrogen) atoms. The summed E-state index contributed by atoms with van der Waals surface area (Å²) in [4.78, 5) is 25.9. The summed E-state index contributed by atoms with van der Waals surface area (Å²) >= 11 is 0. The Morgan fingerprint density at radius 3 is 2.38 bits per heavy atom. The van der Waals surface area contributed by atoms with Gasteiger partial charge >= 0.3 is 0 Å². The third kappa shape index (κ3) is 2.52. The first kappa shape index (κ1) is 15.6. The van der Waals surface area contributed by atoms with Gasteiger partial charge in [-0.15, -0.1) is 0 Å². The number of carbonyl (C=O) groups excluding carboxylic acids is 2. The maximum Gasteiger partial charge on any atom is 0.254 e. The molecular weight excluding hydrogens is 324 g/mol.